The van der Waals surface area contributed by atoms with Gasteiger partial charge in [0.15, 0.2) is 0 Å². The average molecular weight is 225 g/mol. The van der Waals surface area contributed by atoms with Gasteiger partial charge in [-0.3, -0.25) is 0 Å². The Balaban J connectivity index is 2.86. The highest BCUT2D eigenvalue weighted by atomic mass is 16.5. The fourth-order valence-electron chi connectivity index (χ4n) is 1.35. The van der Waals surface area contributed by atoms with Crippen LogP contribution in [0, 0.1) is 5.92 Å². The van der Waals surface area contributed by atoms with Crippen LogP contribution in [-0.4, -0.2) is 35.2 Å². The second kappa shape index (κ2) is 5.48. The standard InChI is InChI=1S/C10H19N5O/c1-5-16-10-13-8(11)12-9(14-10)15(4)6-7(2)3/h7H,5-6H2,1-4H3,(H2,11,12,13,14). The summed E-state index contributed by atoms with van der Waals surface area (Å²) in [6, 6.07) is 0.278. The van der Waals surface area contributed by atoms with Crippen molar-refractivity contribution in [3.63, 3.8) is 0 Å². The number of hydrogen-bond acceptors (Lipinski definition) is 6. The number of ether oxygens (including phenoxy) is 1. The molecule has 0 radical (unpaired) electrons. The Morgan fingerprint density at radius 2 is 2.00 bits per heavy atom. The van der Waals surface area contributed by atoms with Gasteiger partial charge in [-0.1, -0.05) is 13.8 Å². The Kier molecular flexibility index (Phi) is 4.28. The molecule has 1 rings (SSSR count). The van der Waals surface area contributed by atoms with Crippen molar-refractivity contribution < 1.29 is 4.74 Å². The van der Waals surface area contributed by atoms with E-state index < -0.39 is 0 Å². The molecule has 0 bridgehead atoms. The summed E-state index contributed by atoms with van der Waals surface area (Å²) in [5.74, 6) is 1.26. The van der Waals surface area contributed by atoms with Gasteiger partial charge in [-0.2, -0.15) is 15.0 Å². The molecule has 0 aliphatic rings. The molecule has 1 heterocycles. The summed E-state index contributed by atoms with van der Waals surface area (Å²) < 4.78 is 5.21. The highest BCUT2D eigenvalue weighted by Gasteiger charge is 2.10. The van der Waals surface area contributed by atoms with Crippen molar-refractivity contribution in [1.82, 2.24) is 15.0 Å². The zero-order chi connectivity index (χ0) is 12.1. The minimum absolute atomic E-state index is 0.184. The number of aromatic nitrogens is 3. The number of nitrogens with zero attached hydrogens (tertiary/aromatic N) is 4. The summed E-state index contributed by atoms with van der Waals surface area (Å²) in [5, 5.41) is 0. The maximum atomic E-state index is 5.59. The number of nitrogen functional groups attached to an aromatic ring is 1. The highest BCUT2D eigenvalue weighted by Crippen LogP contribution is 2.13. The first-order chi connectivity index (χ1) is 7.52. The topological polar surface area (TPSA) is 77.2 Å². The molecule has 2 N–H and O–H groups in total. The SMILES string of the molecule is CCOc1nc(N)nc(N(C)CC(C)C)n1. The quantitative estimate of drug-likeness (QED) is 0.803. The minimum atomic E-state index is 0.184. The Hall–Kier alpha value is -1.59. The number of anilines is 2. The van der Waals surface area contributed by atoms with Gasteiger partial charge in [0.1, 0.15) is 0 Å². The van der Waals surface area contributed by atoms with E-state index >= 15 is 0 Å². The zero-order valence-electron chi connectivity index (χ0n) is 10.3. The molecular formula is C10H19N5O. The van der Waals surface area contributed by atoms with Crippen LogP contribution in [0.5, 0.6) is 6.01 Å². The third kappa shape index (κ3) is 3.52. The molecule has 0 atom stereocenters. The van der Waals surface area contributed by atoms with E-state index in [2.05, 4.69) is 28.8 Å². The fraction of sp³-hybridized carbons (Fsp3) is 0.700. The molecule has 1 aromatic rings. The van der Waals surface area contributed by atoms with Crippen LogP contribution < -0.4 is 15.4 Å². The van der Waals surface area contributed by atoms with Crippen LogP contribution in [0.4, 0.5) is 11.9 Å². The minimum Gasteiger partial charge on any atom is -0.464 e. The molecule has 0 saturated carbocycles. The van der Waals surface area contributed by atoms with Gasteiger partial charge in [0.25, 0.3) is 0 Å². The second-order valence-electron chi connectivity index (χ2n) is 3.98. The van der Waals surface area contributed by atoms with E-state index in [1.54, 1.807) is 0 Å². The molecule has 0 spiro atoms. The lowest BCUT2D eigenvalue weighted by Crippen LogP contribution is -2.25. The Morgan fingerprint density at radius 1 is 1.31 bits per heavy atom. The summed E-state index contributed by atoms with van der Waals surface area (Å²) in [6.07, 6.45) is 0. The maximum absolute atomic E-state index is 5.59. The van der Waals surface area contributed by atoms with Crippen molar-refractivity contribution in [2.75, 3.05) is 30.8 Å². The van der Waals surface area contributed by atoms with Crippen molar-refractivity contribution >= 4 is 11.9 Å². The Bertz CT molecular complexity index is 342. The number of nitrogens with two attached hydrogens (primary N) is 1. The van der Waals surface area contributed by atoms with E-state index in [0.29, 0.717) is 18.5 Å². The third-order valence-corrected chi connectivity index (χ3v) is 1.87. The summed E-state index contributed by atoms with van der Waals surface area (Å²) in [4.78, 5) is 14.1. The Morgan fingerprint density at radius 3 is 2.56 bits per heavy atom. The third-order valence-electron chi connectivity index (χ3n) is 1.87. The van der Waals surface area contributed by atoms with Gasteiger partial charge in [0, 0.05) is 13.6 Å². The monoisotopic (exact) mass is 225 g/mol. The first-order valence-corrected chi connectivity index (χ1v) is 5.38. The highest BCUT2D eigenvalue weighted by molar-refractivity contribution is 5.34. The van der Waals surface area contributed by atoms with Gasteiger partial charge in [-0.15, -0.1) is 0 Å². The Labute approximate surface area is 95.9 Å². The van der Waals surface area contributed by atoms with Crippen LogP contribution in [0.25, 0.3) is 0 Å². The van der Waals surface area contributed by atoms with Gasteiger partial charge < -0.3 is 15.4 Å². The lowest BCUT2D eigenvalue weighted by Gasteiger charge is -2.19. The molecule has 0 amide bonds. The average Bonchev–Trinajstić information content (AvgIpc) is 2.16. The fourth-order valence-corrected chi connectivity index (χ4v) is 1.35. The molecule has 90 valence electrons. The maximum Gasteiger partial charge on any atom is 0.323 e. The van der Waals surface area contributed by atoms with Crippen molar-refractivity contribution in [3.8, 4) is 6.01 Å². The van der Waals surface area contributed by atoms with Crippen LogP contribution in [0.1, 0.15) is 20.8 Å². The van der Waals surface area contributed by atoms with Crippen molar-refractivity contribution in [2.45, 2.75) is 20.8 Å². The van der Waals surface area contributed by atoms with E-state index in [-0.39, 0.29) is 12.0 Å². The van der Waals surface area contributed by atoms with E-state index in [1.807, 2.05) is 18.9 Å². The molecule has 0 fully saturated rings. The largest absolute Gasteiger partial charge is 0.464 e. The molecule has 6 nitrogen and oxygen atoms in total. The lowest BCUT2D eigenvalue weighted by molar-refractivity contribution is 0.312. The molecule has 6 heteroatoms. The molecular weight excluding hydrogens is 206 g/mol. The summed E-state index contributed by atoms with van der Waals surface area (Å²) in [6.45, 7) is 7.50. The van der Waals surface area contributed by atoms with Crippen molar-refractivity contribution in [3.05, 3.63) is 0 Å². The molecule has 1 aromatic heterocycles. The predicted molar refractivity (Wildman–Crippen MR) is 63.5 cm³/mol. The zero-order valence-corrected chi connectivity index (χ0v) is 10.3. The molecule has 0 aliphatic heterocycles. The van der Waals surface area contributed by atoms with Crippen LogP contribution in [0.2, 0.25) is 0 Å². The van der Waals surface area contributed by atoms with Gasteiger partial charge in [0.2, 0.25) is 11.9 Å². The molecule has 0 saturated heterocycles. The second-order valence-corrected chi connectivity index (χ2v) is 3.98. The van der Waals surface area contributed by atoms with E-state index in [4.69, 9.17) is 10.5 Å². The van der Waals surface area contributed by atoms with Gasteiger partial charge in [-0.05, 0) is 12.8 Å². The summed E-state index contributed by atoms with van der Waals surface area (Å²) in [7, 11) is 1.92. The van der Waals surface area contributed by atoms with Crippen LogP contribution in [0.15, 0.2) is 0 Å². The smallest absolute Gasteiger partial charge is 0.323 e. The molecule has 0 aromatic carbocycles. The summed E-state index contributed by atoms with van der Waals surface area (Å²) in [5.41, 5.74) is 5.59. The van der Waals surface area contributed by atoms with E-state index in [0.717, 1.165) is 6.54 Å². The molecule has 16 heavy (non-hydrogen) atoms. The number of rotatable bonds is 5. The van der Waals surface area contributed by atoms with Crippen molar-refractivity contribution in [2.24, 2.45) is 5.92 Å². The van der Waals surface area contributed by atoms with Gasteiger partial charge in [0.05, 0.1) is 6.61 Å². The first kappa shape index (κ1) is 12.5. The predicted octanol–water partition coefficient (Wildman–Crippen LogP) is 0.945. The van der Waals surface area contributed by atoms with E-state index in [9.17, 15) is 0 Å². The molecule has 0 aliphatic carbocycles. The van der Waals surface area contributed by atoms with Gasteiger partial charge >= 0.3 is 6.01 Å². The van der Waals surface area contributed by atoms with E-state index in [1.165, 1.54) is 0 Å². The van der Waals surface area contributed by atoms with Crippen LogP contribution in [0.3, 0.4) is 0 Å². The van der Waals surface area contributed by atoms with Gasteiger partial charge in [-0.25, -0.2) is 0 Å². The first-order valence-electron chi connectivity index (χ1n) is 5.38. The lowest BCUT2D eigenvalue weighted by atomic mass is 10.2. The molecule has 0 unspecified atom stereocenters. The van der Waals surface area contributed by atoms with Crippen molar-refractivity contribution in [1.29, 1.82) is 0 Å². The van der Waals surface area contributed by atoms with Crippen LogP contribution in [-0.2, 0) is 0 Å². The summed E-state index contributed by atoms with van der Waals surface area (Å²) >= 11 is 0. The van der Waals surface area contributed by atoms with Crippen LogP contribution >= 0.6 is 0 Å². The normalized spacial score (nSPS) is 10.6. The number of hydrogen-bond donors (Lipinski definition) is 1.